The van der Waals surface area contributed by atoms with Crippen LogP contribution in [0.5, 0.6) is 0 Å². The predicted molar refractivity (Wildman–Crippen MR) is 35.4 cm³/mol. The molecule has 0 spiro atoms. The molecular formula is C7H11NO2. The molecule has 0 aromatic carbocycles. The molecule has 0 aromatic rings. The third-order valence-corrected chi connectivity index (χ3v) is 3.01. The highest BCUT2D eigenvalue weighted by Crippen LogP contribution is 2.65. The van der Waals surface area contributed by atoms with Gasteiger partial charge >= 0.3 is 5.97 Å². The third kappa shape index (κ3) is 0.515. The predicted octanol–water partition coefficient (Wildman–Crippen LogP) is 0.198. The number of carboxylic acids is 1. The average molecular weight is 141 g/mol. The molecule has 3 aliphatic carbocycles. The molecule has 3 fully saturated rings. The fourth-order valence-electron chi connectivity index (χ4n) is 2.19. The summed E-state index contributed by atoms with van der Waals surface area (Å²) in [4.78, 5) is 10.4. The van der Waals surface area contributed by atoms with Gasteiger partial charge in [-0.3, -0.25) is 4.79 Å². The molecule has 3 N–H and O–H groups in total. The molecule has 0 aliphatic heterocycles. The van der Waals surface area contributed by atoms with Crippen molar-refractivity contribution >= 4 is 5.97 Å². The van der Waals surface area contributed by atoms with Gasteiger partial charge in [0, 0.05) is 0 Å². The SMILES string of the molecule is NC(C(=O)O)C12CC(C1)C2. The Kier molecular flexibility index (Phi) is 0.944. The largest absolute Gasteiger partial charge is 0.480 e. The highest BCUT2D eigenvalue weighted by Gasteiger charge is 2.61. The Morgan fingerprint density at radius 1 is 1.60 bits per heavy atom. The van der Waals surface area contributed by atoms with Crippen LogP contribution in [0, 0.1) is 11.3 Å². The maximum atomic E-state index is 10.4. The normalized spacial score (nSPS) is 45.1. The summed E-state index contributed by atoms with van der Waals surface area (Å²) in [5.74, 6) is -0.0245. The number of hydrogen-bond donors (Lipinski definition) is 2. The smallest absolute Gasteiger partial charge is 0.321 e. The molecule has 3 rings (SSSR count). The molecule has 10 heavy (non-hydrogen) atoms. The molecule has 56 valence electrons. The zero-order chi connectivity index (χ0) is 7.35. The maximum Gasteiger partial charge on any atom is 0.321 e. The van der Waals surface area contributed by atoms with Crippen molar-refractivity contribution in [3.05, 3.63) is 0 Å². The fraction of sp³-hybridized carbons (Fsp3) is 0.857. The van der Waals surface area contributed by atoms with Gasteiger partial charge in [-0.15, -0.1) is 0 Å². The van der Waals surface area contributed by atoms with E-state index in [0.717, 1.165) is 25.2 Å². The van der Waals surface area contributed by atoms with Crippen LogP contribution >= 0.6 is 0 Å². The van der Waals surface area contributed by atoms with E-state index in [0.29, 0.717) is 0 Å². The molecule has 3 saturated carbocycles. The minimum Gasteiger partial charge on any atom is -0.480 e. The van der Waals surface area contributed by atoms with Crippen molar-refractivity contribution in [2.24, 2.45) is 17.1 Å². The van der Waals surface area contributed by atoms with Crippen molar-refractivity contribution in [3.63, 3.8) is 0 Å². The molecule has 3 nitrogen and oxygen atoms in total. The topological polar surface area (TPSA) is 63.3 Å². The first kappa shape index (κ1) is 6.16. The van der Waals surface area contributed by atoms with Crippen LogP contribution in [0.4, 0.5) is 0 Å². The van der Waals surface area contributed by atoms with E-state index in [1.54, 1.807) is 0 Å². The molecule has 3 aliphatic rings. The average Bonchev–Trinajstić information content (AvgIpc) is 1.56. The molecule has 0 amide bonds. The van der Waals surface area contributed by atoms with Gasteiger partial charge in [0.25, 0.3) is 0 Å². The molecule has 0 radical (unpaired) electrons. The minimum absolute atomic E-state index is 0.0243. The lowest BCUT2D eigenvalue weighted by molar-refractivity contribution is -0.165. The van der Waals surface area contributed by atoms with Gasteiger partial charge in [-0.25, -0.2) is 0 Å². The number of nitrogens with two attached hydrogens (primary N) is 1. The Morgan fingerprint density at radius 2 is 2.10 bits per heavy atom. The lowest BCUT2D eigenvalue weighted by atomic mass is 9.42. The third-order valence-electron chi connectivity index (χ3n) is 3.01. The van der Waals surface area contributed by atoms with Crippen LogP contribution in [-0.4, -0.2) is 17.1 Å². The molecule has 0 heterocycles. The van der Waals surface area contributed by atoms with Crippen LogP contribution in [0.2, 0.25) is 0 Å². The van der Waals surface area contributed by atoms with Crippen LogP contribution in [0.3, 0.4) is 0 Å². The van der Waals surface area contributed by atoms with Crippen LogP contribution < -0.4 is 5.73 Å². The van der Waals surface area contributed by atoms with Crippen LogP contribution in [0.25, 0.3) is 0 Å². The second-order valence-corrected chi connectivity index (χ2v) is 3.66. The summed E-state index contributed by atoms with van der Waals surface area (Å²) in [6, 6.07) is -0.600. The zero-order valence-electron chi connectivity index (χ0n) is 5.71. The van der Waals surface area contributed by atoms with Crippen molar-refractivity contribution in [3.8, 4) is 0 Å². The van der Waals surface area contributed by atoms with E-state index in [2.05, 4.69) is 0 Å². The molecular weight excluding hydrogens is 130 g/mol. The van der Waals surface area contributed by atoms with E-state index in [9.17, 15) is 4.79 Å². The van der Waals surface area contributed by atoms with Gasteiger partial charge in [0.05, 0.1) is 0 Å². The van der Waals surface area contributed by atoms with Gasteiger partial charge in [0.2, 0.25) is 0 Å². The summed E-state index contributed by atoms with van der Waals surface area (Å²) in [5, 5.41) is 8.58. The number of aliphatic carboxylic acids is 1. The second-order valence-electron chi connectivity index (χ2n) is 3.66. The summed E-state index contributed by atoms with van der Waals surface area (Å²) in [5.41, 5.74) is 5.52. The van der Waals surface area contributed by atoms with Crippen LogP contribution in [0.1, 0.15) is 19.3 Å². The summed E-state index contributed by atoms with van der Waals surface area (Å²) in [7, 11) is 0. The Balaban J connectivity index is 2.04. The van der Waals surface area contributed by atoms with Gasteiger partial charge in [-0.05, 0) is 30.6 Å². The summed E-state index contributed by atoms with van der Waals surface area (Å²) < 4.78 is 0. The molecule has 3 heteroatoms. The molecule has 1 unspecified atom stereocenters. The second kappa shape index (κ2) is 1.53. The first-order chi connectivity index (χ1) is 4.64. The van der Waals surface area contributed by atoms with Crippen molar-refractivity contribution in [2.45, 2.75) is 25.3 Å². The Hall–Kier alpha value is -0.570. The van der Waals surface area contributed by atoms with E-state index in [-0.39, 0.29) is 5.41 Å². The van der Waals surface area contributed by atoms with Crippen LogP contribution in [-0.2, 0) is 4.79 Å². The summed E-state index contributed by atoms with van der Waals surface area (Å²) in [6.07, 6.45) is 3.17. The Bertz CT molecular complexity index is 173. The maximum absolute atomic E-state index is 10.4. The fourth-order valence-corrected chi connectivity index (χ4v) is 2.19. The quantitative estimate of drug-likeness (QED) is 0.577. The first-order valence-corrected chi connectivity index (χ1v) is 3.62. The van der Waals surface area contributed by atoms with Crippen LogP contribution in [0.15, 0.2) is 0 Å². The highest BCUT2D eigenvalue weighted by molar-refractivity contribution is 5.75. The molecule has 0 aromatic heterocycles. The van der Waals surface area contributed by atoms with E-state index in [1.165, 1.54) is 0 Å². The molecule has 0 saturated heterocycles. The lowest BCUT2D eigenvalue weighted by Crippen LogP contribution is -2.63. The standard InChI is InChI=1S/C7H11NO2/c8-5(6(9)10)7-1-4(2-7)3-7/h4-5H,1-3,8H2,(H,9,10). The lowest BCUT2D eigenvalue weighted by Gasteiger charge is -2.63. The van der Waals surface area contributed by atoms with Crippen molar-refractivity contribution in [1.29, 1.82) is 0 Å². The summed E-state index contributed by atoms with van der Waals surface area (Å²) in [6.45, 7) is 0. The van der Waals surface area contributed by atoms with E-state index in [4.69, 9.17) is 10.8 Å². The first-order valence-electron chi connectivity index (χ1n) is 3.62. The van der Waals surface area contributed by atoms with Crippen molar-refractivity contribution in [2.75, 3.05) is 0 Å². The van der Waals surface area contributed by atoms with E-state index in [1.807, 2.05) is 0 Å². The van der Waals surface area contributed by atoms with E-state index >= 15 is 0 Å². The van der Waals surface area contributed by atoms with Gasteiger partial charge in [0.15, 0.2) is 0 Å². The van der Waals surface area contributed by atoms with Crippen molar-refractivity contribution in [1.82, 2.24) is 0 Å². The zero-order valence-corrected chi connectivity index (χ0v) is 5.71. The number of carbonyl (C=O) groups is 1. The van der Waals surface area contributed by atoms with Gasteiger partial charge in [-0.1, -0.05) is 0 Å². The minimum atomic E-state index is -0.835. The van der Waals surface area contributed by atoms with Gasteiger partial charge < -0.3 is 10.8 Å². The molecule has 2 bridgehead atoms. The monoisotopic (exact) mass is 141 g/mol. The van der Waals surface area contributed by atoms with Gasteiger partial charge in [0.1, 0.15) is 6.04 Å². The Morgan fingerprint density at radius 3 is 2.20 bits per heavy atom. The number of carboxylic acid groups (broad SMARTS) is 1. The highest BCUT2D eigenvalue weighted by atomic mass is 16.4. The number of hydrogen-bond acceptors (Lipinski definition) is 2. The Labute approximate surface area is 59.2 Å². The molecule has 1 atom stereocenters. The summed E-state index contributed by atoms with van der Waals surface area (Å²) >= 11 is 0. The number of rotatable bonds is 2. The van der Waals surface area contributed by atoms with E-state index < -0.39 is 12.0 Å². The van der Waals surface area contributed by atoms with Crippen molar-refractivity contribution < 1.29 is 9.90 Å². The van der Waals surface area contributed by atoms with Gasteiger partial charge in [-0.2, -0.15) is 0 Å².